The molecule has 2 aliphatic heterocycles. The van der Waals surface area contributed by atoms with Crippen LogP contribution in [0.4, 0.5) is 0 Å². The Kier molecular flexibility index (Phi) is 5.08. The summed E-state index contributed by atoms with van der Waals surface area (Å²) >= 11 is 0. The molecule has 1 amide bonds. The number of likely N-dealkylation sites (tertiary alicyclic amines) is 1. The summed E-state index contributed by atoms with van der Waals surface area (Å²) in [5.41, 5.74) is 0.293. The van der Waals surface area contributed by atoms with Crippen molar-refractivity contribution in [3.05, 3.63) is 0 Å². The van der Waals surface area contributed by atoms with Crippen LogP contribution in [0.25, 0.3) is 0 Å². The average molecular weight is 282 g/mol. The second-order valence-electron chi connectivity index (χ2n) is 7.34. The Balaban J connectivity index is 1.91. The summed E-state index contributed by atoms with van der Waals surface area (Å²) in [6.07, 6.45) is 2.23. The van der Waals surface area contributed by atoms with E-state index in [-0.39, 0.29) is 12.0 Å². The average Bonchev–Trinajstić information content (AvgIpc) is 3.03. The molecule has 0 bridgehead atoms. The van der Waals surface area contributed by atoms with Crippen molar-refractivity contribution in [2.45, 2.75) is 46.6 Å². The van der Waals surface area contributed by atoms with Gasteiger partial charge in [-0.3, -0.25) is 4.79 Å². The van der Waals surface area contributed by atoms with E-state index in [0.717, 1.165) is 32.5 Å². The van der Waals surface area contributed by atoms with Crippen molar-refractivity contribution in [3.8, 4) is 0 Å². The molecule has 2 fully saturated rings. The van der Waals surface area contributed by atoms with Crippen molar-refractivity contribution in [3.63, 3.8) is 0 Å². The Morgan fingerprint density at radius 3 is 2.70 bits per heavy atom. The number of carbonyl (C=O) groups is 1. The summed E-state index contributed by atoms with van der Waals surface area (Å²) in [7, 11) is 0. The lowest BCUT2D eigenvalue weighted by atomic mass is 9.80. The molecule has 116 valence electrons. The molecule has 20 heavy (non-hydrogen) atoms. The number of carbonyl (C=O) groups excluding carboxylic acids is 1. The molecule has 3 atom stereocenters. The van der Waals surface area contributed by atoms with Crippen molar-refractivity contribution in [2.75, 3.05) is 32.8 Å². The second kappa shape index (κ2) is 6.44. The van der Waals surface area contributed by atoms with Gasteiger partial charge in [0, 0.05) is 19.1 Å². The maximum Gasteiger partial charge on any atom is 0.229 e. The summed E-state index contributed by atoms with van der Waals surface area (Å²) in [6.45, 7) is 13.0. The van der Waals surface area contributed by atoms with Gasteiger partial charge >= 0.3 is 0 Å². The third-order valence-electron chi connectivity index (χ3n) is 4.78. The molecule has 2 rings (SSSR count). The maximum atomic E-state index is 12.7. The molecule has 2 heterocycles. The zero-order chi connectivity index (χ0) is 14.8. The summed E-state index contributed by atoms with van der Waals surface area (Å²) < 4.78 is 5.53. The number of hydrogen-bond acceptors (Lipinski definition) is 3. The van der Waals surface area contributed by atoms with Gasteiger partial charge in [0.25, 0.3) is 0 Å². The van der Waals surface area contributed by atoms with Crippen molar-refractivity contribution in [1.29, 1.82) is 0 Å². The second-order valence-corrected chi connectivity index (χ2v) is 7.34. The number of rotatable bonds is 4. The molecule has 0 aromatic heterocycles. The molecular formula is C16H30N2O2. The van der Waals surface area contributed by atoms with Crippen LogP contribution in [0.1, 0.15) is 40.5 Å². The lowest BCUT2D eigenvalue weighted by Gasteiger charge is -2.28. The van der Waals surface area contributed by atoms with Crippen molar-refractivity contribution < 1.29 is 9.53 Å². The Morgan fingerprint density at radius 1 is 1.35 bits per heavy atom. The first-order valence-electron chi connectivity index (χ1n) is 8.03. The van der Waals surface area contributed by atoms with Gasteiger partial charge in [-0.05, 0) is 30.7 Å². The van der Waals surface area contributed by atoms with E-state index in [9.17, 15) is 4.79 Å². The molecule has 0 aromatic carbocycles. The smallest absolute Gasteiger partial charge is 0.229 e. The van der Waals surface area contributed by atoms with Crippen LogP contribution in [0.2, 0.25) is 0 Å². The highest BCUT2D eigenvalue weighted by Gasteiger charge is 2.40. The zero-order valence-electron chi connectivity index (χ0n) is 13.4. The fourth-order valence-corrected chi connectivity index (χ4v) is 3.23. The topological polar surface area (TPSA) is 41.6 Å². The van der Waals surface area contributed by atoms with E-state index in [1.54, 1.807) is 0 Å². The minimum absolute atomic E-state index is 0.0141. The molecule has 2 saturated heterocycles. The van der Waals surface area contributed by atoms with E-state index < -0.39 is 0 Å². The van der Waals surface area contributed by atoms with Crippen molar-refractivity contribution in [2.24, 2.45) is 17.3 Å². The molecule has 0 aliphatic carbocycles. The lowest BCUT2D eigenvalue weighted by Crippen LogP contribution is -2.45. The van der Waals surface area contributed by atoms with Crippen LogP contribution in [0.3, 0.4) is 0 Å². The summed E-state index contributed by atoms with van der Waals surface area (Å²) in [4.78, 5) is 14.8. The van der Waals surface area contributed by atoms with Crippen LogP contribution in [0, 0.1) is 17.3 Å². The number of hydrogen-bond donors (Lipinski definition) is 1. The Labute approximate surface area is 123 Å². The van der Waals surface area contributed by atoms with Crippen LogP contribution in [-0.2, 0) is 9.53 Å². The third kappa shape index (κ3) is 3.53. The van der Waals surface area contributed by atoms with Gasteiger partial charge in [-0.1, -0.05) is 27.7 Å². The molecule has 0 radical (unpaired) electrons. The predicted octanol–water partition coefficient (Wildman–Crippen LogP) is 1.90. The van der Waals surface area contributed by atoms with E-state index in [1.807, 2.05) is 0 Å². The number of ether oxygens (including phenoxy) is 1. The standard InChI is InChI=1S/C16H30N2O2/c1-5-7-17-14-11-20-10-13(14)15(19)18-8-6-12(9-18)16(2,3)4/h12-14,17H,5-11H2,1-4H3. The summed E-state index contributed by atoms with van der Waals surface area (Å²) in [5, 5.41) is 3.45. The van der Waals surface area contributed by atoms with Gasteiger partial charge in [-0.25, -0.2) is 0 Å². The normalized spacial score (nSPS) is 31.0. The largest absolute Gasteiger partial charge is 0.379 e. The highest BCUT2D eigenvalue weighted by molar-refractivity contribution is 5.80. The summed E-state index contributed by atoms with van der Waals surface area (Å²) in [6, 6.07) is 0.205. The van der Waals surface area contributed by atoms with Gasteiger partial charge in [-0.2, -0.15) is 0 Å². The van der Waals surface area contributed by atoms with Crippen LogP contribution in [0.5, 0.6) is 0 Å². The number of nitrogens with zero attached hydrogens (tertiary/aromatic N) is 1. The lowest BCUT2D eigenvalue weighted by molar-refractivity contribution is -0.135. The first-order chi connectivity index (χ1) is 9.43. The van der Waals surface area contributed by atoms with E-state index in [2.05, 4.69) is 37.9 Å². The highest BCUT2D eigenvalue weighted by Crippen LogP contribution is 2.34. The van der Waals surface area contributed by atoms with Crippen LogP contribution >= 0.6 is 0 Å². The van der Waals surface area contributed by atoms with Crippen LogP contribution in [-0.4, -0.2) is 49.7 Å². The molecular weight excluding hydrogens is 252 g/mol. The SMILES string of the molecule is CCCNC1COCC1C(=O)N1CCC(C(C)(C)C)C1. The summed E-state index contributed by atoms with van der Waals surface area (Å²) in [5.74, 6) is 0.930. The van der Waals surface area contributed by atoms with E-state index in [0.29, 0.717) is 30.5 Å². The van der Waals surface area contributed by atoms with Gasteiger partial charge in [0.05, 0.1) is 19.1 Å². The monoisotopic (exact) mass is 282 g/mol. The van der Waals surface area contributed by atoms with Gasteiger partial charge < -0.3 is 15.0 Å². The maximum absolute atomic E-state index is 12.7. The molecule has 0 aromatic rings. The first-order valence-corrected chi connectivity index (χ1v) is 8.03. The van der Waals surface area contributed by atoms with Gasteiger partial charge in [-0.15, -0.1) is 0 Å². The molecule has 1 N–H and O–H groups in total. The molecule has 0 spiro atoms. The van der Waals surface area contributed by atoms with Gasteiger partial charge in [0.15, 0.2) is 0 Å². The molecule has 0 saturated carbocycles. The highest BCUT2D eigenvalue weighted by atomic mass is 16.5. The van der Waals surface area contributed by atoms with Crippen molar-refractivity contribution in [1.82, 2.24) is 10.2 Å². The molecule has 4 nitrogen and oxygen atoms in total. The molecule has 3 unspecified atom stereocenters. The molecule has 4 heteroatoms. The van der Waals surface area contributed by atoms with Crippen molar-refractivity contribution >= 4 is 5.91 Å². The Bertz CT molecular complexity index is 338. The van der Waals surface area contributed by atoms with Gasteiger partial charge in [0.1, 0.15) is 0 Å². The Morgan fingerprint density at radius 2 is 2.10 bits per heavy atom. The predicted molar refractivity (Wildman–Crippen MR) is 80.5 cm³/mol. The van der Waals surface area contributed by atoms with Crippen LogP contribution in [0.15, 0.2) is 0 Å². The number of amides is 1. The van der Waals surface area contributed by atoms with Gasteiger partial charge in [0.2, 0.25) is 5.91 Å². The number of nitrogens with one attached hydrogen (secondary N) is 1. The van der Waals surface area contributed by atoms with E-state index >= 15 is 0 Å². The zero-order valence-corrected chi connectivity index (χ0v) is 13.4. The van der Waals surface area contributed by atoms with E-state index in [1.165, 1.54) is 0 Å². The minimum atomic E-state index is 0.0141. The minimum Gasteiger partial charge on any atom is -0.379 e. The fraction of sp³-hybridized carbons (Fsp3) is 0.938. The fourth-order valence-electron chi connectivity index (χ4n) is 3.23. The van der Waals surface area contributed by atoms with Crippen LogP contribution < -0.4 is 5.32 Å². The van der Waals surface area contributed by atoms with E-state index in [4.69, 9.17) is 4.74 Å². The third-order valence-corrected chi connectivity index (χ3v) is 4.78. The first kappa shape index (κ1) is 15.8. The quantitative estimate of drug-likeness (QED) is 0.856. The Hall–Kier alpha value is -0.610. The molecule has 2 aliphatic rings.